The van der Waals surface area contributed by atoms with Crippen LogP contribution in [0, 0.1) is 5.82 Å². The Balaban J connectivity index is 1.53. The van der Waals surface area contributed by atoms with E-state index in [0.29, 0.717) is 25.2 Å². The minimum Gasteiger partial charge on any atom is -0.372 e. The zero-order valence-electron chi connectivity index (χ0n) is 19.8. The topological polar surface area (TPSA) is 126 Å². The van der Waals surface area contributed by atoms with Crippen molar-refractivity contribution in [2.45, 2.75) is 38.5 Å². The first-order chi connectivity index (χ1) is 16.7. The number of primary amides is 1. The Kier molecular flexibility index (Phi) is 7.15. The number of nitrogens with one attached hydrogen (secondary N) is 2. The maximum atomic E-state index is 14.9. The lowest BCUT2D eigenvalue weighted by molar-refractivity contribution is -0.117. The number of nitrogens with zero attached hydrogens (tertiary/aromatic N) is 4. The van der Waals surface area contributed by atoms with Gasteiger partial charge in [-0.1, -0.05) is 6.58 Å². The van der Waals surface area contributed by atoms with Crippen LogP contribution in [-0.2, 0) is 9.53 Å². The molecule has 0 saturated carbocycles. The molecule has 35 heavy (non-hydrogen) atoms. The Bertz CT molecular complexity index is 1100. The zero-order chi connectivity index (χ0) is 25.1. The summed E-state index contributed by atoms with van der Waals surface area (Å²) in [5, 5.41) is 5.86. The molecule has 0 radical (unpaired) electrons. The first kappa shape index (κ1) is 24.4. The average molecular weight is 484 g/mol. The third-order valence-electron chi connectivity index (χ3n) is 6.00. The van der Waals surface area contributed by atoms with E-state index in [1.807, 2.05) is 26.0 Å². The predicted octanol–water partition coefficient (Wildman–Crippen LogP) is 1.95. The third-order valence-corrected chi connectivity index (χ3v) is 6.00. The summed E-state index contributed by atoms with van der Waals surface area (Å²) in [5.41, 5.74) is 6.00. The summed E-state index contributed by atoms with van der Waals surface area (Å²) in [5.74, 6) is -0.726. The molecule has 3 atom stereocenters. The second kappa shape index (κ2) is 10.3. The van der Waals surface area contributed by atoms with Gasteiger partial charge in [-0.15, -0.1) is 0 Å². The van der Waals surface area contributed by atoms with Crippen LogP contribution in [0.15, 0.2) is 37.1 Å². The second-order valence-corrected chi connectivity index (χ2v) is 8.89. The summed E-state index contributed by atoms with van der Waals surface area (Å²) in [6.07, 6.45) is 3.67. The highest BCUT2D eigenvalue weighted by molar-refractivity contribution is 5.98. The predicted molar refractivity (Wildman–Crippen MR) is 131 cm³/mol. The molecule has 2 aliphatic rings. The van der Waals surface area contributed by atoms with Gasteiger partial charge in [-0.05, 0) is 44.5 Å². The summed E-state index contributed by atoms with van der Waals surface area (Å²) < 4.78 is 20.7. The number of morpholine rings is 1. The number of hydrogen-bond donors (Lipinski definition) is 3. The number of carbonyl (C=O) groups excluding carboxylic acids is 2. The Morgan fingerprint density at radius 2 is 1.97 bits per heavy atom. The van der Waals surface area contributed by atoms with E-state index in [1.54, 1.807) is 11.1 Å². The van der Waals surface area contributed by atoms with Crippen molar-refractivity contribution in [1.82, 2.24) is 15.3 Å². The monoisotopic (exact) mass is 483 g/mol. The van der Waals surface area contributed by atoms with Crippen molar-refractivity contribution in [2.24, 2.45) is 5.73 Å². The van der Waals surface area contributed by atoms with Crippen LogP contribution in [0.2, 0.25) is 0 Å². The van der Waals surface area contributed by atoms with Crippen molar-refractivity contribution in [2.75, 3.05) is 41.3 Å². The molecule has 186 valence electrons. The Morgan fingerprint density at radius 1 is 1.23 bits per heavy atom. The van der Waals surface area contributed by atoms with E-state index in [-0.39, 0.29) is 41.4 Å². The van der Waals surface area contributed by atoms with Crippen LogP contribution >= 0.6 is 0 Å². The molecule has 11 heteroatoms. The zero-order valence-corrected chi connectivity index (χ0v) is 19.8. The Hall–Kier alpha value is -3.73. The number of hydrogen-bond acceptors (Lipinski definition) is 8. The summed E-state index contributed by atoms with van der Waals surface area (Å²) in [4.78, 5) is 36.4. The molecule has 2 aliphatic heterocycles. The molecule has 4 heterocycles. The molecule has 0 spiro atoms. The standard InChI is InChI=1S/C24H30FN7O3/c1-4-21(33)28-17-7-8-31(13-17)24-19(25)9-18(22(26)34)23(30-24)29-16-5-6-20(27-10-16)32-11-14(2)35-15(3)12-32/h4-6,9-10,14-15,17H,1,7-8,11-13H2,2-3H3,(H2,26,34)(H,28,33)(H,29,30). The largest absolute Gasteiger partial charge is 0.372 e. The highest BCUT2D eigenvalue weighted by Gasteiger charge is 2.28. The Labute approximate surface area is 203 Å². The van der Waals surface area contributed by atoms with Crippen LogP contribution in [0.5, 0.6) is 0 Å². The summed E-state index contributed by atoms with van der Waals surface area (Å²) >= 11 is 0. The van der Waals surface area contributed by atoms with Crippen molar-refractivity contribution in [3.63, 3.8) is 0 Å². The molecule has 2 aromatic rings. The van der Waals surface area contributed by atoms with Gasteiger partial charge >= 0.3 is 0 Å². The van der Waals surface area contributed by atoms with Gasteiger partial charge in [0.2, 0.25) is 5.91 Å². The summed E-state index contributed by atoms with van der Waals surface area (Å²) in [6.45, 7) is 9.85. The molecule has 2 fully saturated rings. The van der Waals surface area contributed by atoms with Crippen LogP contribution in [0.25, 0.3) is 0 Å². The first-order valence-electron chi connectivity index (χ1n) is 11.5. The molecule has 0 bridgehead atoms. The maximum absolute atomic E-state index is 14.9. The lowest BCUT2D eigenvalue weighted by Crippen LogP contribution is -2.45. The minimum atomic E-state index is -0.802. The number of ether oxygens (including phenoxy) is 1. The van der Waals surface area contributed by atoms with E-state index in [4.69, 9.17) is 10.5 Å². The average Bonchev–Trinajstić information content (AvgIpc) is 3.27. The first-order valence-corrected chi connectivity index (χ1v) is 11.5. The highest BCUT2D eigenvalue weighted by Crippen LogP contribution is 2.28. The van der Waals surface area contributed by atoms with Gasteiger partial charge in [-0.2, -0.15) is 0 Å². The fraction of sp³-hybridized carbons (Fsp3) is 0.417. The van der Waals surface area contributed by atoms with Crippen molar-refractivity contribution in [3.05, 3.63) is 48.4 Å². The van der Waals surface area contributed by atoms with Crippen LogP contribution < -0.4 is 26.2 Å². The van der Waals surface area contributed by atoms with Crippen molar-refractivity contribution in [1.29, 1.82) is 0 Å². The molecule has 0 aromatic carbocycles. The number of anilines is 4. The van der Waals surface area contributed by atoms with E-state index < -0.39 is 11.7 Å². The quantitative estimate of drug-likeness (QED) is 0.511. The van der Waals surface area contributed by atoms with Gasteiger partial charge < -0.3 is 30.9 Å². The van der Waals surface area contributed by atoms with Crippen LogP contribution in [0.3, 0.4) is 0 Å². The number of pyridine rings is 2. The third kappa shape index (κ3) is 5.68. The lowest BCUT2D eigenvalue weighted by Gasteiger charge is -2.36. The molecule has 0 aliphatic carbocycles. The van der Waals surface area contributed by atoms with Gasteiger partial charge in [0.05, 0.1) is 29.7 Å². The number of nitrogens with two attached hydrogens (primary N) is 1. The number of carbonyl (C=O) groups is 2. The number of aromatic nitrogens is 2. The number of halogens is 1. The Morgan fingerprint density at radius 3 is 2.60 bits per heavy atom. The summed E-state index contributed by atoms with van der Waals surface area (Å²) in [7, 11) is 0. The van der Waals surface area contributed by atoms with E-state index >= 15 is 0 Å². The minimum absolute atomic E-state index is 0.0677. The van der Waals surface area contributed by atoms with Crippen LogP contribution in [-0.4, -0.2) is 66.2 Å². The van der Waals surface area contributed by atoms with Gasteiger partial charge in [-0.25, -0.2) is 14.4 Å². The molecule has 10 nitrogen and oxygen atoms in total. The number of rotatable bonds is 7. The molecule has 2 amide bonds. The van der Waals surface area contributed by atoms with Crippen molar-refractivity contribution < 1.29 is 18.7 Å². The van der Waals surface area contributed by atoms with Gasteiger partial charge in [0.1, 0.15) is 11.6 Å². The van der Waals surface area contributed by atoms with Gasteiger partial charge in [0.15, 0.2) is 11.6 Å². The molecular formula is C24H30FN7O3. The van der Waals surface area contributed by atoms with Crippen LogP contribution in [0.4, 0.5) is 27.5 Å². The lowest BCUT2D eigenvalue weighted by atomic mass is 10.2. The molecule has 2 saturated heterocycles. The smallest absolute Gasteiger partial charge is 0.252 e. The van der Waals surface area contributed by atoms with Crippen molar-refractivity contribution >= 4 is 35.0 Å². The molecular weight excluding hydrogens is 453 g/mol. The van der Waals surface area contributed by atoms with Gasteiger partial charge in [0.25, 0.3) is 5.91 Å². The number of amides is 2. The van der Waals surface area contributed by atoms with E-state index in [2.05, 4.69) is 32.1 Å². The maximum Gasteiger partial charge on any atom is 0.252 e. The van der Waals surface area contributed by atoms with E-state index in [1.165, 1.54) is 6.08 Å². The van der Waals surface area contributed by atoms with Crippen molar-refractivity contribution in [3.8, 4) is 0 Å². The van der Waals surface area contributed by atoms with Crippen LogP contribution in [0.1, 0.15) is 30.6 Å². The normalized spacial score (nSPS) is 22.1. The van der Waals surface area contributed by atoms with Gasteiger partial charge in [-0.3, -0.25) is 9.59 Å². The molecule has 4 N–H and O–H groups in total. The summed E-state index contributed by atoms with van der Waals surface area (Å²) in [6, 6.07) is 4.62. The van der Waals surface area contributed by atoms with E-state index in [0.717, 1.165) is 25.0 Å². The molecule has 3 unspecified atom stereocenters. The fourth-order valence-electron chi connectivity index (χ4n) is 4.46. The van der Waals surface area contributed by atoms with E-state index in [9.17, 15) is 14.0 Å². The molecule has 2 aromatic heterocycles. The fourth-order valence-corrected chi connectivity index (χ4v) is 4.46. The highest BCUT2D eigenvalue weighted by atomic mass is 19.1. The van der Waals surface area contributed by atoms with Gasteiger partial charge in [0, 0.05) is 32.2 Å². The second-order valence-electron chi connectivity index (χ2n) is 8.89. The molecule has 4 rings (SSSR count). The SMILES string of the molecule is C=CC(=O)NC1CCN(c2nc(Nc3ccc(N4CC(C)OC(C)C4)nc3)c(C(N)=O)cc2F)C1.